The molecule has 1 heterocycles. The molecule has 0 saturated heterocycles. The van der Waals surface area contributed by atoms with Crippen LogP contribution in [-0.4, -0.2) is 0 Å². The second kappa shape index (κ2) is 4.34. The van der Waals surface area contributed by atoms with Crippen LogP contribution in [0.15, 0.2) is 22.8 Å². The SMILES string of the molecule is CC(C)(C)C#CCC(N)c1ccco1. The van der Waals surface area contributed by atoms with Crippen molar-refractivity contribution < 1.29 is 4.42 Å². The molecule has 2 heteroatoms. The van der Waals surface area contributed by atoms with Gasteiger partial charge in [0.2, 0.25) is 0 Å². The Morgan fingerprint density at radius 2 is 2.21 bits per heavy atom. The molecule has 0 aromatic carbocycles. The van der Waals surface area contributed by atoms with Gasteiger partial charge in [-0.1, -0.05) is 5.92 Å². The first-order chi connectivity index (χ1) is 6.49. The number of hydrogen-bond acceptors (Lipinski definition) is 2. The fraction of sp³-hybridized carbons (Fsp3) is 0.500. The molecule has 14 heavy (non-hydrogen) atoms. The Labute approximate surface area is 85.5 Å². The monoisotopic (exact) mass is 191 g/mol. The van der Waals surface area contributed by atoms with E-state index in [2.05, 4.69) is 32.6 Å². The normalized spacial score (nSPS) is 13.1. The molecule has 2 nitrogen and oxygen atoms in total. The fourth-order valence-electron chi connectivity index (χ4n) is 1.03. The lowest BCUT2D eigenvalue weighted by Crippen LogP contribution is -2.08. The van der Waals surface area contributed by atoms with Gasteiger partial charge in [-0.15, -0.1) is 5.92 Å². The molecule has 1 aromatic rings. The van der Waals surface area contributed by atoms with Crippen molar-refractivity contribution in [3.63, 3.8) is 0 Å². The second-order valence-electron chi connectivity index (χ2n) is 4.38. The molecule has 0 radical (unpaired) electrons. The predicted octanol–water partition coefficient (Wildman–Crippen LogP) is 2.72. The van der Waals surface area contributed by atoms with Crippen molar-refractivity contribution in [2.75, 3.05) is 0 Å². The van der Waals surface area contributed by atoms with Gasteiger partial charge in [-0.25, -0.2) is 0 Å². The van der Waals surface area contributed by atoms with E-state index >= 15 is 0 Å². The number of hydrogen-bond donors (Lipinski definition) is 1. The van der Waals surface area contributed by atoms with E-state index in [1.807, 2.05) is 12.1 Å². The van der Waals surface area contributed by atoms with Crippen LogP contribution >= 0.6 is 0 Å². The van der Waals surface area contributed by atoms with E-state index in [1.165, 1.54) is 0 Å². The van der Waals surface area contributed by atoms with Gasteiger partial charge in [0.15, 0.2) is 0 Å². The van der Waals surface area contributed by atoms with Crippen LogP contribution in [0.2, 0.25) is 0 Å². The minimum absolute atomic E-state index is 0.0445. The Morgan fingerprint density at radius 1 is 1.50 bits per heavy atom. The van der Waals surface area contributed by atoms with Crippen LogP contribution in [0.4, 0.5) is 0 Å². The van der Waals surface area contributed by atoms with E-state index < -0.39 is 0 Å². The summed E-state index contributed by atoms with van der Waals surface area (Å²) in [5, 5.41) is 0. The lowest BCUT2D eigenvalue weighted by atomic mass is 9.97. The Bertz CT molecular complexity index is 321. The van der Waals surface area contributed by atoms with E-state index in [0.717, 1.165) is 5.76 Å². The molecule has 1 rings (SSSR count). The number of furan rings is 1. The molecule has 1 atom stereocenters. The first-order valence-corrected chi connectivity index (χ1v) is 4.78. The van der Waals surface area contributed by atoms with Gasteiger partial charge in [0, 0.05) is 11.8 Å². The summed E-state index contributed by atoms with van der Waals surface area (Å²) in [6.07, 6.45) is 2.27. The van der Waals surface area contributed by atoms with E-state index in [0.29, 0.717) is 6.42 Å². The average Bonchev–Trinajstić information content (AvgIpc) is 2.53. The standard InChI is InChI=1S/C12H17NO/c1-12(2,3)8-4-6-10(13)11-7-5-9-14-11/h5,7,9-10H,6,13H2,1-3H3. The molecule has 0 fully saturated rings. The highest BCUT2D eigenvalue weighted by Crippen LogP contribution is 2.15. The fourth-order valence-corrected chi connectivity index (χ4v) is 1.03. The van der Waals surface area contributed by atoms with E-state index in [4.69, 9.17) is 10.2 Å². The highest BCUT2D eigenvalue weighted by molar-refractivity contribution is 5.12. The number of rotatable bonds is 2. The third-order valence-corrected chi connectivity index (χ3v) is 1.69. The summed E-state index contributed by atoms with van der Waals surface area (Å²) < 4.78 is 5.19. The average molecular weight is 191 g/mol. The maximum Gasteiger partial charge on any atom is 0.121 e. The molecule has 1 unspecified atom stereocenters. The molecule has 0 saturated carbocycles. The molecular formula is C12H17NO. The highest BCUT2D eigenvalue weighted by Gasteiger charge is 2.07. The van der Waals surface area contributed by atoms with Crippen LogP contribution in [0.25, 0.3) is 0 Å². The van der Waals surface area contributed by atoms with Crippen molar-refractivity contribution in [2.45, 2.75) is 33.2 Å². The molecule has 2 N–H and O–H groups in total. The van der Waals surface area contributed by atoms with Gasteiger partial charge in [-0.05, 0) is 32.9 Å². The molecule has 1 aromatic heterocycles. The minimum atomic E-state index is -0.111. The van der Waals surface area contributed by atoms with Gasteiger partial charge < -0.3 is 10.2 Å². The first kappa shape index (κ1) is 10.9. The topological polar surface area (TPSA) is 39.2 Å². The van der Waals surface area contributed by atoms with Crippen molar-refractivity contribution >= 4 is 0 Å². The Morgan fingerprint density at radius 3 is 2.71 bits per heavy atom. The zero-order chi connectivity index (χ0) is 10.6. The van der Waals surface area contributed by atoms with Crippen LogP contribution in [0.3, 0.4) is 0 Å². The largest absolute Gasteiger partial charge is 0.468 e. The lowest BCUT2D eigenvalue weighted by molar-refractivity contribution is 0.469. The second-order valence-corrected chi connectivity index (χ2v) is 4.38. The van der Waals surface area contributed by atoms with Gasteiger partial charge in [0.1, 0.15) is 5.76 Å². The van der Waals surface area contributed by atoms with Gasteiger partial charge in [0.25, 0.3) is 0 Å². The van der Waals surface area contributed by atoms with Gasteiger partial charge in [-0.2, -0.15) is 0 Å². The summed E-state index contributed by atoms with van der Waals surface area (Å²) in [7, 11) is 0. The maximum atomic E-state index is 5.87. The summed E-state index contributed by atoms with van der Waals surface area (Å²) in [6.45, 7) is 6.25. The Hall–Kier alpha value is -1.20. The quantitative estimate of drug-likeness (QED) is 0.730. The third-order valence-electron chi connectivity index (χ3n) is 1.69. The van der Waals surface area contributed by atoms with Gasteiger partial charge >= 0.3 is 0 Å². The first-order valence-electron chi connectivity index (χ1n) is 4.78. The van der Waals surface area contributed by atoms with Crippen molar-refractivity contribution in [3.05, 3.63) is 24.2 Å². The number of nitrogens with two attached hydrogens (primary N) is 1. The summed E-state index contributed by atoms with van der Waals surface area (Å²) in [6, 6.07) is 3.61. The molecule has 0 aliphatic heterocycles. The smallest absolute Gasteiger partial charge is 0.121 e. The highest BCUT2D eigenvalue weighted by atomic mass is 16.3. The lowest BCUT2D eigenvalue weighted by Gasteiger charge is -2.08. The minimum Gasteiger partial charge on any atom is -0.468 e. The Balaban J connectivity index is 2.50. The maximum absolute atomic E-state index is 5.87. The van der Waals surface area contributed by atoms with Crippen molar-refractivity contribution in [2.24, 2.45) is 11.1 Å². The summed E-state index contributed by atoms with van der Waals surface area (Å²) in [4.78, 5) is 0. The zero-order valence-corrected chi connectivity index (χ0v) is 9.00. The molecule has 0 amide bonds. The summed E-state index contributed by atoms with van der Waals surface area (Å²) in [5.41, 5.74) is 5.92. The molecule has 0 spiro atoms. The third kappa shape index (κ3) is 3.68. The van der Waals surface area contributed by atoms with E-state index in [-0.39, 0.29) is 11.5 Å². The van der Waals surface area contributed by atoms with Crippen LogP contribution < -0.4 is 5.73 Å². The molecule has 0 aliphatic carbocycles. The Kier molecular flexibility index (Phi) is 3.38. The van der Waals surface area contributed by atoms with Crippen LogP contribution in [0.5, 0.6) is 0 Å². The van der Waals surface area contributed by atoms with Crippen molar-refractivity contribution in [1.29, 1.82) is 0 Å². The molecular weight excluding hydrogens is 174 g/mol. The van der Waals surface area contributed by atoms with Crippen molar-refractivity contribution in [3.8, 4) is 11.8 Å². The predicted molar refractivity (Wildman–Crippen MR) is 57.5 cm³/mol. The van der Waals surface area contributed by atoms with Crippen LogP contribution in [0.1, 0.15) is 39.0 Å². The van der Waals surface area contributed by atoms with E-state index in [9.17, 15) is 0 Å². The van der Waals surface area contributed by atoms with Crippen molar-refractivity contribution in [1.82, 2.24) is 0 Å². The van der Waals surface area contributed by atoms with Crippen LogP contribution in [0, 0.1) is 17.3 Å². The van der Waals surface area contributed by atoms with Crippen LogP contribution in [-0.2, 0) is 0 Å². The summed E-state index contributed by atoms with van der Waals surface area (Å²) in [5.74, 6) is 7.02. The summed E-state index contributed by atoms with van der Waals surface area (Å²) >= 11 is 0. The van der Waals surface area contributed by atoms with Gasteiger partial charge in [0.05, 0.1) is 12.3 Å². The van der Waals surface area contributed by atoms with Gasteiger partial charge in [-0.3, -0.25) is 0 Å². The zero-order valence-electron chi connectivity index (χ0n) is 9.00. The molecule has 0 aliphatic rings. The molecule has 0 bridgehead atoms. The van der Waals surface area contributed by atoms with E-state index in [1.54, 1.807) is 6.26 Å². The molecule has 76 valence electrons.